The van der Waals surface area contributed by atoms with E-state index < -0.39 is 0 Å². The van der Waals surface area contributed by atoms with Gasteiger partial charge in [-0.15, -0.1) is 0 Å². The first-order valence-electron chi connectivity index (χ1n) is 7.41. The third kappa shape index (κ3) is 2.72. The SMILES string of the molecule is COc1cccc(NC(=O)[C@H]2[C@H]3C=CCCCC[C@H]32)c1. The molecule has 0 heterocycles. The summed E-state index contributed by atoms with van der Waals surface area (Å²) in [6, 6.07) is 7.53. The van der Waals surface area contributed by atoms with Crippen LogP contribution in [0.3, 0.4) is 0 Å². The van der Waals surface area contributed by atoms with E-state index in [2.05, 4.69) is 17.5 Å². The third-order valence-corrected chi connectivity index (χ3v) is 4.39. The Labute approximate surface area is 120 Å². The molecule has 0 bridgehead atoms. The van der Waals surface area contributed by atoms with Crippen molar-refractivity contribution in [2.24, 2.45) is 17.8 Å². The van der Waals surface area contributed by atoms with Gasteiger partial charge in [-0.3, -0.25) is 4.79 Å². The summed E-state index contributed by atoms with van der Waals surface area (Å²) in [5.74, 6) is 2.10. The van der Waals surface area contributed by atoms with Crippen LogP contribution < -0.4 is 10.1 Å². The second-order valence-corrected chi connectivity index (χ2v) is 5.70. The summed E-state index contributed by atoms with van der Waals surface area (Å²) < 4.78 is 5.18. The van der Waals surface area contributed by atoms with Gasteiger partial charge in [0.25, 0.3) is 0 Å². The maximum absolute atomic E-state index is 12.4. The number of fused-ring (bicyclic) bond motifs is 1. The summed E-state index contributed by atoms with van der Waals surface area (Å²) in [4.78, 5) is 12.4. The summed E-state index contributed by atoms with van der Waals surface area (Å²) in [5.41, 5.74) is 0.817. The molecule has 0 radical (unpaired) electrons. The van der Waals surface area contributed by atoms with Crippen LogP contribution in [-0.2, 0) is 4.79 Å². The van der Waals surface area contributed by atoms with E-state index in [4.69, 9.17) is 4.74 Å². The van der Waals surface area contributed by atoms with E-state index in [1.54, 1.807) is 7.11 Å². The number of allylic oxidation sites excluding steroid dienone is 2. The predicted molar refractivity (Wildman–Crippen MR) is 79.7 cm³/mol. The van der Waals surface area contributed by atoms with Gasteiger partial charge in [0.1, 0.15) is 5.75 Å². The largest absolute Gasteiger partial charge is 0.497 e. The molecule has 0 spiro atoms. The Morgan fingerprint density at radius 2 is 2.25 bits per heavy atom. The molecule has 0 aromatic heterocycles. The van der Waals surface area contributed by atoms with Crippen molar-refractivity contribution in [3.8, 4) is 5.75 Å². The molecule has 0 saturated heterocycles. The number of amides is 1. The molecule has 3 rings (SSSR count). The zero-order chi connectivity index (χ0) is 13.9. The average molecular weight is 271 g/mol. The van der Waals surface area contributed by atoms with Gasteiger partial charge < -0.3 is 10.1 Å². The van der Waals surface area contributed by atoms with Crippen LogP contribution in [0.2, 0.25) is 0 Å². The van der Waals surface area contributed by atoms with Gasteiger partial charge in [0.15, 0.2) is 0 Å². The molecular weight excluding hydrogens is 250 g/mol. The zero-order valence-electron chi connectivity index (χ0n) is 11.8. The van der Waals surface area contributed by atoms with Crippen LogP contribution in [-0.4, -0.2) is 13.0 Å². The summed E-state index contributed by atoms with van der Waals surface area (Å²) in [7, 11) is 1.63. The summed E-state index contributed by atoms with van der Waals surface area (Å²) >= 11 is 0. The number of ether oxygens (including phenoxy) is 1. The van der Waals surface area contributed by atoms with Gasteiger partial charge in [-0.1, -0.05) is 24.6 Å². The standard InChI is InChI=1S/C17H21NO2/c1-20-13-8-6-7-12(11-13)18-17(19)16-14-9-4-2-3-5-10-15(14)16/h4,6-9,11,14-16H,2-3,5,10H2,1H3,(H,18,19)/t14-,15+,16-/m0/s1. The second kappa shape index (κ2) is 5.70. The number of anilines is 1. The molecule has 1 saturated carbocycles. The van der Waals surface area contributed by atoms with Crippen LogP contribution >= 0.6 is 0 Å². The highest BCUT2D eigenvalue weighted by Crippen LogP contribution is 2.51. The Hall–Kier alpha value is -1.77. The quantitative estimate of drug-likeness (QED) is 0.853. The van der Waals surface area contributed by atoms with Crippen molar-refractivity contribution in [3.05, 3.63) is 36.4 Å². The summed E-state index contributed by atoms with van der Waals surface area (Å²) in [6.07, 6.45) is 9.34. The smallest absolute Gasteiger partial charge is 0.228 e. The van der Waals surface area contributed by atoms with Crippen molar-refractivity contribution < 1.29 is 9.53 Å². The molecule has 2 aliphatic carbocycles. The van der Waals surface area contributed by atoms with Gasteiger partial charge in [0.2, 0.25) is 5.91 Å². The van der Waals surface area contributed by atoms with Gasteiger partial charge in [-0.2, -0.15) is 0 Å². The van der Waals surface area contributed by atoms with Gasteiger partial charge in [-0.05, 0) is 43.2 Å². The fourth-order valence-corrected chi connectivity index (χ4v) is 3.23. The molecule has 2 aliphatic rings. The molecule has 20 heavy (non-hydrogen) atoms. The normalized spacial score (nSPS) is 27.9. The molecule has 1 aromatic rings. The zero-order valence-corrected chi connectivity index (χ0v) is 11.8. The lowest BCUT2D eigenvalue weighted by molar-refractivity contribution is -0.117. The van der Waals surface area contributed by atoms with Gasteiger partial charge in [0.05, 0.1) is 7.11 Å². The topological polar surface area (TPSA) is 38.3 Å². The molecule has 1 amide bonds. The van der Waals surface area contributed by atoms with Crippen LogP contribution in [0.25, 0.3) is 0 Å². The highest BCUT2D eigenvalue weighted by molar-refractivity contribution is 5.95. The Bertz CT molecular complexity index is 523. The fourth-order valence-electron chi connectivity index (χ4n) is 3.23. The molecule has 3 atom stereocenters. The molecule has 0 unspecified atom stereocenters. The molecular formula is C17H21NO2. The van der Waals surface area contributed by atoms with E-state index in [0.717, 1.165) is 17.9 Å². The lowest BCUT2D eigenvalue weighted by atomic mass is 10.1. The first-order valence-corrected chi connectivity index (χ1v) is 7.41. The summed E-state index contributed by atoms with van der Waals surface area (Å²) in [6.45, 7) is 0. The summed E-state index contributed by atoms with van der Waals surface area (Å²) in [5, 5.41) is 3.02. The molecule has 1 fully saturated rings. The molecule has 3 heteroatoms. The van der Waals surface area contributed by atoms with E-state index in [-0.39, 0.29) is 11.8 Å². The van der Waals surface area contributed by atoms with Crippen molar-refractivity contribution in [1.82, 2.24) is 0 Å². The van der Waals surface area contributed by atoms with Crippen molar-refractivity contribution in [2.45, 2.75) is 25.7 Å². The maximum atomic E-state index is 12.4. The van der Waals surface area contributed by atoms with Crippen molar-refractivity contribution in [2.75, 3.05) is 12.4 Å². The van der Waals surface area contributed by atoms with E-state index in [1.165, 1.54) is 19.3 Å². The minimum Gasteiger partial charge on any atom is -0.497 e. The lowest BCUT2D eigenvalue weighted by Crippen LogP contribution is -2.15. The van der Waals surface area contributed by atoms with E-state index in [9.17, 15) is 4.79 Å². The molecule has 106 valence electrons. The average Bonchev–Trinajstić information content (AvgIpc) is 3.10. The van der Waals surface area contributed by atoms with Crippen LogP contribution in [0.15, 0.2) is 36.4 Å². The van der Waals surface area contributed by atoms with Crippen molar-refractivity contribution in [3.63, 3.8) is 0 Å². The molecule has 0 aliphatic heterocycles. The van der Waals surface area contributed by atoms with E-state index in [0.29, 0.717) is 11.8 Å². The Kier molecular flexibility index (Phi) is 3.77. The number of benzene rings is 1. The van der Waals surface area contributed by atoms with Gasteiger partial charge >= 0.3 is 0 Å². The van der Waals surface area contributed by atoms with Crippen molar-refractivity contribution in [1.29, 1.82) is 0 Å². The highest BCUT2D eigenvalue weighted by atomic mass is 16.5. The number of hydrogen-bond acceptors (Lipinski definition) is 2. The van der Waals surface area contributed by atoms with Crippen LogP contribution in [0.4, 0.5) is 5.69 Å². The van der Waals surface area contributed by atoms with E-state index in [1.807, 2.05) is 24.3 Å². The Morgan fingerprint density at radius 3 is 3.10 bits per heavy atom. The lowest BCUT2D eigenvalue weighted by Gasteiger charge is -2.06. The fraction of sp³-hybridized carbons (Fsp3) is 0.471. The molecule has 1 aromatic carbocycles. The minimum absolute atomic E-state index is 0.153. The predicted octanol–water partition coefficient (Wildman–Crippen LogP) is 3.63. The van der Waals surface area contributed by atoms with Crippen LogP contribution in [0.5, 0.6) is 5.75 Å². The van der Waals surface area contributed by atoms with Gasteiger partial charge in [-0.25, -0.2) is 0 Å². The molecule has 1 N–H and O–H groups in total. The third-order valence-electron chi connectivity index (χ3n) is 4.39. The highest BCUT2D eigenvalue weighted by Gasteiger charge is 2.52. The Morgan fingerprint density at radius 1 is 1.35 bits per heavy atom. The van der Waals surface area contributed by atoms with Gasteiger partial charge in [0, 0.05) is 17.7 Å². The maximum Gasteiger partial charge on any atom is 0.228 e. The molecule has 3 nitrogen and oxygen atoms in total. The van der Waals surface area contributed by atoms with Crippen LogP contribution in [0.1, 0.15) is 25.7 Å². The second-order valence-electron chi connectivity index (χ2n) is 5.70. The van der Waals surface area contributed by atoms with Crippen molar-refractivity contribution >= 4 is 11.6 Å². The first kappa shape index (κ1) is 13.2. The number of carbonyl (C=O) groups excluding carboxylic acids is 1. The monoisotopic (exact) mass is 271 g/mol. The van der Waals surface area contributed by atoms with Crippen LogP contribution in [0, 0.1) is 17.8 Å². The number of rotatable bonds is 3. The number of carbonyl (C=O) groups is 1. The first-order chi connectivity index (χ1) is 9.79. The minimum atomic E-state index is 0.153. The number of nitrogens with one attached hydrogen (secondary N) is 1. The van der Waals surface area contributed by atoms with E-state index >= 15 is 0 Å². The Balaban J connectivity index is 1.65. The number of methoxy groups -OCH3 is 1. The number of hydrogen-bond donors (Lipinski definition) is 1.